The fourth-order valence-electron chi connectivity index (χ4n) is 0.745. The molecule has 3 nitrogen and oxygen atoms in total. The maximum Gasteiger partial charge on any atom is 0.144 e. The van der Waals surface area contributed by atoms with Crippen molar-refractivity contribution in [3.8, 4) is 0 Å². The van der Waals surface area contributed by atoms with E-state index in [1.54, 1.807) is 0 Å². The molecule has 0 unspecified atom stereocenters. The number of aromatic nitrogens is 2. The molecular formula is C8H17N3. The van der Waals surface area contributed by atoms with Crippen LogP contribution in [0.4, 0.5) is 5.82 Å². The molecule has 11 heavy (non-hydrogen) atoms. The van der Waals surface area contributed by atoms with E-state index in [0.717, 1.165) is 11.5 Å². The van der Waals surface area contributed by atoms with Gasteiger partial charge in [0, 0.05) is 7.05 Å². The molecule has 0 amide bonds. The van der Waals surface area contributed by atoms with Gasteiger partial charge < -0.3 is 10.3 Å². The largest absolute Gasteiger partial charge is 0.382 e. The topological polar surface area (TPSA) is 43.8 Å². The molecule has 1 heterocycles. The van der Waals surface area contributed by atoms with Gasteiger partial charge >= 0.3 is 0 Å². The van der Waals surface area contributed by atoms with Crippen LogP contribution in [0.5, 0.6) is 0 Å². The van der Waals surface area contributed by atoms with Gasteiger partial charge in [-0.3, -0.25) is 0 Å². The summed E-state index contributed by atoms with van der Waals surface area (Å²) in [7, 11) is 1.95. The highest BCUT2D eigenvalue weighted by atomic mass is 15.1. The highest BCUT2D eigenvalue weighted by Crippen LogP contribution is 2.08. The Hall–Kier alpha value is -0.990. The summed E-state index contributed by atoms with van der Waals surface area (Å²) >= 11 is 0. The zero-order valence-electron chi connectivity index (χ0n) is 7.97. The summed E-state index contributed by atoms with van der Waals surface area (Å²) in [6.07, 6.45) is 0. The van der Waals surface area contributed by atoms with Crippen molar-refractivity contribution in [1.29, 1.82) is 0 Å². The maximum absolute atomic E-state index is 5.51. The smallest absolute Gasteiger partial charge is 0.144 e. The van der Waals surface area contributed by atoms with E-state index in [9.17, 15) is 0 Å². The zero-order chi connectivity index (χ0) is 9.02. The SMILES string of the molecule is CC.Cc1nc(N)c(C)n1C. The van der Waals surface area contributed by atoms with Gasteiger partial charge in [-0.05, 0) is 13.8 Å². The van der Waals surface area contributed by atoms with Gasteiger partial charge in [0.1, 0.15) is 11.6 Å². The highest BCUT2D eigenvalue weighted by molar-refractivity contribution is 5.35. The molecule has 64 valence electrons. The molecule has 0 radical (unpaired) electrons. The van der Waals surface area contributed by atoms with Crippen LogP contribution in [0, 0.1) is 13.8 Å². The number of imidazole rings is 1. The van der Waals surface area contributed by atoms with E-state index >= 15 is 0 Å². The monoisotopic (exact) mass is 155 g/mol. The molecule has 0 saturated heterocycles. The van der Waals surface area contributed by atoms with E-state index in [1.807, 2.05) is 39.3 Å². The van der Waals surface area contributed by atoms with Crippen LogP contribution < -0.4 is 5.73 Å². The van der Waals surface area contributed by atoms with E-state index < -0.39 is 0 Å². The van der Waals surface area contributed by atoms with E-state index in [0.29, 0.717) is 5.82 Å². The summed E-state index contributed by atoms with van der Waals surface area (Å²) in [4.78, 5) is 4.05. The Bertz CT molecular complexity index is 203. The van der Waals surface area contributed by atoms with Crippen molar-refractivity contribution in [1.82, 2.24) is 9.55 Å². The Balaban J connectivity index is 0.000000461. The number of nitrogens with two attached hydrogens (primary N) is 1. The van der Waals surface area contributed by atoms with Gasteiger partial charge in [0.25, 0.3) is 0 Å². The van der Waals surface area contributed by atoms with Gasteiger partial charge in [0.15, 0.2) is 0 Å². The molecule has 1 aromatic rings. The average Bonchev–Trinajstić information content (AvgIpc) is 2.22. The first-order chi connectivity index (χ1) is 5.13. The molecule has 0 fully saturated rings. The Morgan fingerprint density at radius 2 is 1.73 bits per heavy atom. The van der Waals surface area contributed by atoms with Crippen LogP contribution in [-0.2, 0) is 7.05 Å². The summed E-state index contributed by atoms with van der Waals surface area (Å²) in [5.41, 5.74) is 6.54. The van der Waals surface area contributed by atoms with Gasteiger partial charge in [0.2, 0.25) is 0 Å². The lowest BCUT2D eigenvalue weighted by atomic mass is 10.5. The summed E-state index contributed by atoms with van der Waals surface area (Å²) in [6.45, 7) is 7.89. The number of hydrogen-bond acceptors (Lipinski definition) is 2. The molecule has 0 spiro atoms. The molecule has 0 aliphatic rings. The van der Waals surface area contributed by atoms with Crippen molar-refractivity contribution in [3.63, 3.8) is 0 Å². The number of anilines is 1. The molecule has 0 bridgehead atoms. The Morgan fingerprint density at radius 1 is 1.27 bits per heavy atom. The maximum atomic E-state index is 5.51. The number of nitrogen functional groups attached to an aromatic ring is 1. The van der Waals surface area contributed by atoms with Crippen molar-refractivity contribution < 1.29 is 0 Å². The van der Waals surface area contributed by atoms with Crippen LogP contribution in [0.15, 0.2) is 0 Å². The first-order valence-electron chi connectivity index (χ1n) is 3.88. The minimum Gasteiger partial charge on any atom is -0.382 e. The second-order valence-electron chi connectivity index (χ2n) is 2.19. The molecule has 0 aliphatic heterocycles. The van der Waals surface area contributed by atoms with Crippen LogP contribution >= 0.6 is 0 Å². The highest BCUT2D eigenvalue weighted by Gasteiger charge is 2.01. The second kappa shape index (κ2) is 4.01. The first kappa shape index (κ1) is 10.0. The minimum absolute atomic E-state index is 0.634. The molecule has 3 heteroatoms. The Kier molecular flexibility index (Phi) is 3.65. The third-order valence-electron chi connectivity index (χ3n) is 1.64. The van der Waals surface area contributed by atoms with Crippen molar-refractivity contribution in [2.24, 2.45) is 7.05 Å². The lowest BCUT2D eigenvalue weighted by Gasteiger charge is -1.94. The quantitative estimate of drug-likeness (QED) is 0.619. The molecule has 0 saturated carbocycles. The zero-order valence-corrected chi connectivity index (χ0v) is 7.97. The Morgan fingerprint density at radius 3 is 1.82 bits per heavy atom. The second-order valence-corrected chi connectivity index (χ2v) is 2.19. The summed E-state index contributed by atoms with van der Waals surface area (Å²) in [5.74, 6) is 1.60. The molecule has 0 atom stereocenters. The summed E-state index contributed by atoms with van der Waals surface area (Å²) in [6, 6.07) is 0. The van der Waals surface area contributed by atoms with Gasteiger partial charge in [-0.15, -0.1) is 0 Å². The summed E-state index contributed by atoms with van der Waals surface area (Å²) < 4.78 is 1.97. The number of nitrogens with zero attached hydrogens (tertiary/aromatic N) is 2. The predicted octanol–water partition coefficient (Wildman–Crippen LogP) is 1.65. The van der Waals surface area contributed by atoms with Crippen LogP contribution in [0.3, 0.4) is 0 Å². The number of aryl methyl sites for hydroxylation is 1. The standard InChI is InChI=1S/C6H11N3.C2H6/c1-4-6(7)8-5(2)9(4)3;1-2/h7H2,1-3H3;1-2H3. The van der Waals surface area contributed by atoms with Gasteiger partial charge in [-0.2, -0.15) is 0 Å². The molecule has 0 aliphatic carbocycles. The van der Waals surface area contributed by atoms with E-state index in [-0.39, 0.29) is 0 Å². The van der Waals surface area contributed by atoms with Crippen LogP contribution in [0.25, 0.3) is 0 Å². The normalized spacial score (nSPS) is 8.82. The molecule has 1 aromatic heterocycles. The average molecular weight is 155 g/mol. The molecule has 1 rings (SSSR count). The minimum atomic E-state index is 0.634. The van der Waals surface area contributed by atoms with Crippen LogP contribution in [0.1, 0.15) is 25.4 Å². The summed E-state index contributed by atoms with van der Waals surface area (Å²) in [5, 5.41) is 0. The molecule has 2 N–H and O–H groups in total. The van der Waals surface area contributed by atoms with E-state index in [4.69, 9.17) is 5.73 Å². The molecular weight excluding hydrogens is 138 g/mol. The third kappa shape index (κ3) is 1.97. The lowest BCUT2D eigenvalue weighted by Crippen LogP contribution is -1.93. The van der Waals surface area contributed by atoms with Gasteiger partial charge in [0.05, 0.1) is 5.69 Å². The molecule has 0 aromatic carbocycles. The van der Waals surface area contributed by atoms with Gasteiger partial charge in [-0.1, -0.05) is 13.8 Å². The first-order valence-corrected chi connectivity index (χ1v) is 3.88. The van der Waals surface area contributed by atoms with E-state index in [2.05, 4.69) is 4.98 Å². The van der Waals surface area contributed by atoms with Crippen molar-refractivity contribution in [3.05, 3.63) is 11.5 Å². The predicted molar refractivity (Wildman–Crippen MR) is 48.4 cm³/mol. The van der Waals surface area contributed by atoms with E-state index in [1.165, 1.54) is 0 Å². The fraction of sp³-hybridized carbons (Fsp3) is 0.625. The lowest BCUT2D eigenvalue weighted by molar-refractivity contribution is 0.827. The van der Waals surface area contributed by atoms with Crippen LogP contribution in [0.2, 0.25) is 0 Å². The van der Waals surface area contributed by atoms with Crippen molar-refractivity contribution >= 4 is 5.82 Å². The van der Waals surface area contributed by atoms with Crippen LogP contribution in [-0.4, -0.2) is 9.55 Å². The fourth-order valence-corrected chi connectivity index (χ4v) is 0.745. The van der Waals surface area contributed by atoms with Crippen molar-refractivity contribution in [2.75, 3.05) is 5.73 Å². The number of hydrogen-bond donors (Lipinski definition) is 1. The number of rotatable bonds is 0. The Labute approximate surface area is 68.2 Å². The van der Waals surface area contributed by atoms with Gasteiger partial charge in [-0.25, -0.2) is 4.98 Å². The third-order valence-corrected chi connectivity index (χ3v) is 1.64. The van der Waals surface area contributed by atoms with Crippen molar-refractivity contribution in [2.45, 2.75) is 27.7 Å².